The Labute approximate surface area is 200 Å². The van der Waals surface area contributed by atoms with Gasteiger partial charge in [-0.2, -0.15) is 0 Å². The first-order valence-electron chi connectivity index (χ1n) is 11.3. The molecule has 0 aliphatic carbocycles. The van der Waals surface area contributed by atoms with Crippen LogP contribution >= 0.6 is 0 Å². The van der Waals surface area contributed by atoms with Gasteiger partial charge in [0.15, 0.2) is 0 Å². The van der Waals surface area contributed by atoms with Crippen LogP contribution in [0.5, 0.6) is 0 Å². The van der Waals surface area contributed by atoms with Crippen molar-refractivity contribution in [2.45, 2.75) is 38.1 Å². The van der Waals surface area contributed by atoms with Gasteiger partial charge in [-0.3, -0.25) is 9.59 Å². The zero-order valence-electron chi connectivity index (χ0n) is 19.5. The molecule has 0 bridgehead atoms. The van der Waals surface area contributed by atoms with Gasteiger partial charge < -0.3 is 10.2 Å². The van der Waals surface area contributed by atoms with E-state index in [2.05, 4.69) is 10.0 Å². The fraction of sp³-hybridized carbons (Fsp3) is 0.308. The first-order valence-corrected chi connectivity index (χ1v) is 12.8. The lowest BCUT2D eigenvalue weighted by Gasteiger charge is -2.36. The molecule has 2 amide bonds. The van der Waals surface area contributed by atoms with Gasteiger partial charge in [0.2, 0.25) is 15.9 Å². The Hall–Kier alpha value is -3.23. The van der Waals surface area contributed by atoms with Crippen molar-refractivity contribution in [1.82, 2.24) is 9.62 Å². The van der Waals surface area contributed by atoms with Gasteiger partial charge >= 0.3 is 0 Å². The lowest BCUT2D eigenvalue weighted by Crippen LogP contribution is -2.51. The summed E-state index contributed by atoms with van der Waals surface area (Å²) >= 11 is 0. The molecule has 3 aromatic rings. The van der Waals surface area contributed by atoms with E-state index in [4.69, 9.17) is 0 Å². The lowest BCUT2D eigenvalue weighted by atomic mass is 9.95. The number of sulfonamides is 1. The second-order valence-electron chi connectivity index (χ2n) is 8.88. The van der Waals surface area contributed by atoms with Gasteiger partial charge in [-0.05, 0) is 43.0 Å². The molecule has 7 nitrogen and oxygen atoms in total. The molecule has 1 saturated heterocycles. The molecule has 1 fully saturated rings. The van der Waals surface area contributed by atoms with Gasteiger partial charge in [0, 0.05) is 48.1 Å². The molecule has 0 saturated carbocycles. The minimum Gasteiger partial charge on any atom is -0.343 e. The van der Waals surface area contributed by atoms with Gasteiger partial charge in [-0.15, -0.1) is 0 Å². The van der Waals surface area contributed by atoms with Crippen molar-refractivity contribution in [3.05, 3.63) is 71.8 Å². The molecule has 4 rings (SSSR count). The Bertz CT molecular complexity index is 1350. The monoisotopic (exact) mass is 479 g/mol. The highest BCUT2D eigenvalue weighted by atomic mass is 32.2. The summed E-state index contributed by atoms with van der Waals surface area (Å²) in [7, 11) is -3.83. The van der Waals surface area contributed by atoms with Crippen LogP contribution in [0.3, 0.4) is 0 Å². The van der Waals surface area contributed by atoms with Crippen molar-refractivity contribution in [3.63, 3.8) is 0 Å². The number of carbonyl (C=O) groups excluding carboxylic acids is 2. The molecule has 1 aliphatic heterocycles. The van der Waals surface area contributed by atoms with Crippen LogP contribution in [-0.4, -0.2) is 44.3 Å². The maximum Gasteiger partial charge on any atom is 0.255 e. The van der Waals surface area contributed by atoms with Gasteiger partial charge in [-0.1, -0.05) is 49.4 Å². The molecule has 1 aliphatic rings. The molecular weight excluding hydrogens is 450 g/mol. The van der Waals surface area contributed by atoms with E-state index >= 15 is 0 Å². The van der Waals surface area contributed by atoms with Gasteiger partial charge in [0.25, 0.3) is 5.91 Å². The average Bonchev–Trinajstić information content (AvgIpc) is 2.80. The predicted octanol–water partition coefficient (Wildman–Crippen LogP) is 3.94. The molecule has 0 radical (unpaired) electrons. The smallest absolute Gasteiger partial charge is 0.255 e. The zero-order chi connectivity index (χ0) is 24.5. The normalized spacial score (nSPS) is 18.6. The third-order valence-corrected chi connectivity index (χ3v) is 8.02. The van der Waals surface area contributed by atoms with Crippen LogP contribution in [0, 0.1) is 12.8 Å². The number of fused-ring (bicyclic) bond motifs is 1. The van der Waals surface area contributed by atoms with E-state index in [1.54, 1.807) is 35.2 Å². The largest absolute Gasteiger partial charge is 0.343 e. The van der Waals surface area contributed by atoms with Crippen molar-refractivity contribution < 1.29 is 18.0 Å². The summed E-state index contributed by atoms with van der Waals surface area (Å²) in [6.45, 7) is 6.40. The van der Waals surface area contributed by atoms with Crippen molar-refractivity contribution in [2.75, 3.05) is 18.4 Å². The van der Waals surface area contributed by atoms with Crippen LogP contribution in [-0.2, 0) is 14.8 Å². The summed E-state index contributed by atoms with van der Waals surface area (Å²) in [5, 5.41) is 4.11. The van der Waals surface area contributed by atoms with E-state index in [1.807, 2.05) is 38.1 Å². The predicted molar refractivity (Wildman–Crippen MR) is 133 cm³/mol. The summed E-state index contributed by atoms with van der Waals surface area (Å²) in [5.74, 6) is -0.253. The maximum atomic E-state index is 13.4. The number of amides is 2. The lowest BCUT2D eigenvalue weighted by molar-refractivity contribution is -0.130. The number of hydrogen-bond acceptors (Lipinski definition) is 4. The van der Waals surface area contributed by atoms with Crippen molar-refractivity contribution in [3.8, 4) is 0 Å². The van der Waals surface area contributed by atoms with Gasteiger partial charge in [-0.25, -0.2) is 13.1 Å². The Kier molecular flexibility index (Phi) is 6.72. The minimum atomic E-state index is -3.83. The third-order valence-electron chi connectivity index (χ3n) is 6.47. The van der Waals surface area contributed by atoms with E-state index in [9.17, 15) is 18.0 Å². The number of aryl methyl sites for hydroxylation is 1. The number of nitrogens with zero attached hydrogens (tertiary/aromatic N) is 1. The van der Waals surface area contributed by atoms with Crippen molar-refractivity contribution in [1.29, 1.82) is 0 Å². The highest BCUT2D eigenvalue weighted by molar-refractivity contribution is 7.89. The summed E-state index contributed by atoms with van der Waals surface area (Å²) in [6, 6.07) is 17.4. The summed E-state index contributed by atoms with van der Waals surface area (Å²) in [5.41, 5.74) is 1.97. The SMILES string of the molecule is CC(=O)N1CCC(NS(=O)(=O)c2ccc(NC(=O)c3ccccc3C)c3ccccc23)[C@H](C)C1. The molecule has 34 heavy (non-hydrogen) atoms. The van der Waals surface area contributed by atoms with Gasteiger partial charge in [0.1, 0.15) is 0 Å². The van der Waals surface area contributed by atoms with Crippen LogP contribution in [0.2, 0.25) is 0 Å². The number of carbonyl (C=O) groups is 2. The number of piperidine rings is 1. The summed E-state index contributed by atoms with van der Waals surface area (Å²) in [6.07, 6.45) is 0.558. The molecule has 2 atom stereocenters. The molecular formula is C26H29N3O4S. The second-order valence-corrected chi connectivity index (χ2v) is 10.6. The quantitative estimate of drug-likeness (QED) is 0.580. The molecule has 2 N–H and O–H groups in total. The first-order chi connectivity index (χ1) is 16.2. The molecule has 8 heteroatoms. The van der Waals surface area contributed by atoms with E-state index in [-0.39, 0.29) is 28.7 Å². The summed E-state index contributed by atoms with van der Waals surface area (Å²) < 4.78 is 29.6. The molecule has 0 aromatic heterocycles. The van der Waals surface area contributed by atoms with E-state index < -0.39 is 10.0 Å². The Morgan fingerprint density at radius 3 is 2.32 bits per heavy atom. The number of likely N-dealkylation sites (tertiary alicyclic amines) is 1. The number of benzene rings is 3. The van der Waals surface area contributed by atoms with Crippen LogP contribution in [0.25, 0.3) is 10.8 Å². The van der Waals surface area contributed by atoms with Crippen molar-refractivity contribution >= 4 is 38.3 Å². The van der Waals surface area contributed by atoms with Crippen LogP contribution in [0.1, 0.15) is 36.2 Å². The van der Waals surface area contributed by atoms with Crippen LogP contribution in [0.15, 0.2) is 65.6 Å². The molecule has 3 aromatic carbocycles. The van der Waals surface area contributed by atoms with E-state index in [0.29, 0.717) is 41.5 Å². The summed E-state index contributed by atoms with van der Waals surface area (Å²) in [4.78, 5) is 26.5. The highest BCUT2D eigenvalue weighted by Gasteiger charge is 2.31. The fourth-order valence-corrected chi connectivity index (χ4v) is 6.09. The standard InChI is InChI=1S/C26H29N3O4S/c1-17-8-4-5-9-20(17)26(31)27-24-12-13-25(22-11-7-6-10-21(22)24)34(32,33)28-23-14-15-29(19(3)30)16-18(23)2/h4-13,18,23,28H,14-16H2,1-3H3,(H,27,31)/t18-,23?/m1/s1. The maximum absolute atomic E-state index is 13.4. The fourth-order valence-electron chi connectivity index (χ4n) is 4.50. The van der Waals surface area contributed by atoms with Crippen LogP contribution in [0.4, 0.5) is 5.69 Å². The number of nitrogens with one attached hydrogen (secondary N) is 2. The van der Waals surface area contributed by atoms with Crippen LogP contribution < -0.4 is 10.0 Å². The Morgan fingerprint density at radius 1 is 0.971 bits per heavy atom. The van der Waals surface area contributed by atoms with Gasteiger partial charge in [0.05, 0.1) is 4.90 Å². The van der Waals surface area contributed by atoms with E-state index in [0.717, 1.165) is 5.56 Å². The molecule has 178 valence electrons. The average molecular weight is 480 g/mol. The van der Waals surface area contributed by atoms with E-state index in [1.165, 1.54) is 13.0 Å². The van der Waals surface area contributed by atoms with Crippen molar-refractivity contribution in [2.24, 2.45) is 5.92 Å². The molecule has 0 spiro atoms. The third kappa shape index (κ3) is 4.83. The topological polar surface area (TPSA) is 95.6 Å². The number of hydrogen-bond donors (Lipinski definition) is 2. The molecule has 1 unspecified atom stereocenters. The highest BCUT2D eigenvalue weighted by Crippen LogP contribution is 2.31. The number of rotatable bonds is 5. The zero-order valence-corrected chi connectivity index (χ0v) is 20.4. The Morgan fingerprint density at radius 2 is 1.65 bits per heavy atom. The minimum absolute atomic E-state index is 0.00230. The second kappa shape index (κ2) is 9.56. The number of anilines is 1. The molecule has 1 heterocycles. The first kappa shape index (κ1) is 23.9. The Balaban J connectivity index is 1.62.